The Hall–Kier alpha value is -0.960. The van der Waals surface area contributed by atoms with Gasteiger partial charge in [-0.15, -0.1) is 0 Å². The van der Waals surface area contributed by atoms with Gasteiger partial charge in [0.15, 0.2) is 0 Å². The van der Waals surface area contributed by atoms with Crippen molar-refractivity contribution < 1.29 is 4.79 Å². The van der Waals surface area contributed by atoms with Crippen molar-refractivity contribution in [3.63, 3.8) is 0 Å². The molecular weight excluding hydrogens is 278 g/mol. The molecule has 116 valence electrons. The highest BCUT2D eigenvalue weighted by atomic mass is 32.2. The summed E-state index contributed by atoms with van der Waals surface area (Å²) < 4.78 is 0. The standard InChI is InChI=1S/C18H27NOS/c1-15(18(2)11-12-18)19(3)17(20)14-21-13-7-10-16-8-5-4-6-9-16/h4-6,8-9,15H,7,10-14H2,1-3H3/t15-/m1/s1. The Bertz CT molecular complexity index is 456. The second kappa shape index (κ2) is 7.35. The van der Waals surface area contributed by atoms with Crippen molar-refractivity contribution in [1.29, 1.82) is 0 Å². The molecular formula is C18H27NOS. The highest BCUT2D eigenvalue weighted by Crippen LogP contribution is 2.49. The summed E-state index contributed by atoms with van der Waals surface area (Å²) in [6.07, 6.45) is 4.76. The first-order valence-electron chi connectivity index (χ1n) is 7.90. The van der Waals surface area contributed by atoms with E-state index in [1.807, 2.05) is 18.0 Å². The third-order valence-corrected chi connectivity index (χ3v) is 5.87. The molecule has 0 aromatic heterocycles. The van der Waals surface area contributed by atoms with E-state index >= 15 is 0 Å². The van der Waals surface area contributed by atoms with Crippen LogP contribution in [0.25, 0.3) is 0 Å². The second-order valence-electron chi connectivity index (χ2n) is 6.48. The molecule has 2 rings (SSSR count). The number of benzene rings is 1. The number of hydrogen-bond donors (Lipinski definition) is 0. The molecule has 2 nitrogen and oxygen atoms in total. The molecule has 1 aromatic rings. The third kappa shape index (κ3) is 4.77. The average Bonchev–Trinajstić information content (AvgIpc) is 3.25. The molecule has 1 atom stereocenters. The van der Waals surface area contributed by atoms with Crippen LogP contribution in [0.4, 0.5) is 0 Å². The summed E-state index contributed by atoms with van der Waals surface area (Å²) in [6.45, 7) is 4.47. The van der Waals surface area contributed by atoms with E-state index in [2.05, 4.69) is 38.1 Å². The SMILES string of the molecule is C[C@@H](N(C)C(=O)CSCCCc1ccccc1)C1(C)CC1. The normalized spacial score (nSPS) is 17.3. The Morgan fingerprint density at radius 1 is 1.33 bits per heavy atom. The van der Waals surface area contributed by atoms with Crippen molar-refractivity contribution in [3.8, 4) is 0 Å². The molecule has 0 saturated heterocycles. The summed E-state index contributed by atoms with van der Waals surface area (Å²) in [5.74, 6) is 1.95. The molecule has 0 radical (unpaired) electrons. The van der Waals surface area contributed by atoms with Crippen LogP contribution >= 0.6 is 11.8 Å². The topological polar surface area (TPSA) is 20.3 Å². The number of rotatable bonds is 8. The maximum absolute atomic E-state index is 12.2. The summed E-state index contributed by atoms with van der Waals surface area (Å²) in [5.41, 5.74) is 1.76. The molecule has 1 aliphatic carbocycles. The van der Waals surface area contributed by atoms with Gasteiger partial charge in [0.05, 0.1) is 5.75 Å². The van der Waals surface area contributed by atoms with E-state index in [1.54, 1.807) is 11.8 Å². The van der Waals surface area contributed by atoms with Gasteiger partial charge < -0.3 is 4.90 Å². The number of hydrogen-bond acceptors (Lipinski definition) is 2. The summed E-state index contributed by atoms with van der Waals surface area (Å²) in [4.78, 5) is 14.2. The predicted molar refractivity (Wildman–Crippen MR) is 91.7 cm³/mol. The van der Waals surface area contributed by atoms with Crippen LogP contribution in [0.3, 0.4) is 0 Å². The number of thioether (sulfide) groups is 1. The highest BCUT2D eigenvalue weighted by molar-refractivity contribution is 7.99. The molecule has 1 aliphatic rings. The molecule has 0 aliphatic heterocycles. The maximum atomic E-state index is 12.2. The zero-order valence-corrected chi connectivity index (χ0v) is 14.3. The quantitative estimate of drug-likeness (QED) is 0.677. The average molecular weight is 305 g/mol. The lowest BCUT2D eigenvalue weighted by molar-refractivity contribution is -0.130. The molecule has 1 aromatic carbocycles. The van der Waals surface area contributed by atoms with E-state index in [4.69, 9.17) is 0 Å². The molecule has 1 fully saturated rings. The molecule has 3 heteroatoms. The minimum atomic E-state index is 0.278. The van der Waals surface area contributed by atoms with Gasteiger partial charge in [0.2, 0.25) is 5.91 Å². The Labute approximate surface area is 133 Å². The van der Waals surface area contributed by atoms with Crippen molar-refractivity contribution in [2.75, 3.05) is 18.6 Å². The van der Waals surface area contributed by atoms with E-state index < -0.39 is 0 Å². The van der Waals surface area contributed by atoms with Crippen molar-refractivity contribution in [3.05, 3.63) is 35.9 Å². The van der Waals surface area contributed by atoms with Crippen LogP contribution in [0.5, 0.6) is 0 Å². The molecule has 1 amide bonds. The zero-order chi connectivity index (χ0) is 15.3. The predicted octanol–water partition coefficient (Wildman–Crippen LogP) is 4.00. The minimum absolute atomic E-state index is 0.278. The van der Waals surface area contributed by atoms with Crippen LogP contribution in [0, 0.1) is 5.41 Å². The van der Waals surface area contributed by atoms with Gasteiger partial charge in [0, 0.05) is 13.1 Å². The van der Waals surface area contributed by atoms with Crippen LogP contribution in [0.1, 0.15) is 38.7 Å². The lowest BCUT2D eigenvalue weighted by atomic mass is 10.00. The molecule has 0 unspecified atom stereocenters. The summed E-state index contributed by atoms with van der Waals surface area (Å²) >= 11 is 1.77. The van der Waals surface area contributed by atoms with E-state index in [0.29, 0.717) is 17.2 Å². The first-order valence-corrected chi connectivity index (χ1v) is 9.06. The summed E-state index contributed by atoms with van der Waals surface area (Å²) in [6, 6.07) is 10.9. The van der Waals surface area contributed by atoms with Crippen molar-refractivity contribution >= 4 is 17.7 Å². The number of carbonyl (C=O) groups is 1. The number of amides is 1. The van der Waals surface area contributed by atoms with E-state index in [0.717, 1.165) is 18.6 Å². The van der Waals surface area contributed by atoms with Crippen LogP contribution in [0.15, 0.2) is 30.3 Å². The van der Waals surface area contributed by atoms with E-state index in [1.165, 1.54) is 18.4 Å². The van der Waals surface area contributed by atoms with Gasteiger partial charge >= 0.3 is 0 Å². The fourth-order valence-electron chi connectivity index (χ4n) is 2.58. The molecule has 21 heavy (non-hydrogen) atoms. The summed E-state index contributed by atoms with van der Waals surface area (Å²) in [5, 5.41) is 0. The van der Waals surface area contributed by atoms with Crippen LogP contribution < -0.4 is 0 Å². The van der Waals surface area contributed by atoms with Gasteiger partial charge in [-0.25, -0.2) is 0 Å². The van der Waals surface area contributed by atoms with Gasteiger partial charge in [-0.05, 0) is 49.3 Å². The fraction of sp³-hybridized carbons (Fsp3) is 0.611. The smallest absolute Gasteiger partial charge is 0.232 e. The number of aryl methyl sites for hydroxylation is 1. The first kappa shape index (κ1) is 16.4. The molecule has 0 N–H and O–H groups in total. The van der Waals surface area contributed by atoms with Gasteiger partial charge in [-0.2, -0.15) is 11.8 Å². The third-order valence-electron chi connectivity index (χ3n) is 4.84. The van der Waals surface area contributed by atoms with Gasteiger partial charge in [0.25, 0.3) is 0 Å². The Balaban J connectivity index is 1.61. The Morgan fingerprint density at radius 3 is 2.62 bits per heavy atom. The van der Waals surface area contributed by atoms with Crippen LogP contribution in [-0.4, -0.2) is 35.4 Å². The molecule has 0 heterocycles. The number of carbonyl (C=O) groups excluding carboxylic acids is 1. The summed E-state index contributed by atoms with van der Waals surface area (Å²) in [7, 11) is 1.96. The lowest BCUT2D eigenvalue weighted by Gasteiger charge is -2.30. The number of nitrogens with zero attached hydrogens (tertiary/aromatic N) is 1. The van der Waals surface area contributed by atoms with Crippen LogP contribution in [-0.2, 0) is 11.2 Å². The van der Waals surface area contributed by atoms with Crippen molar-refractivity contribution in [2.45, 2.75) is 45.6 Å². The lowest BCUT2D eigenvalue weighted by Crippen LogP contribution is -2.41. The second-order valence-corrected chi connectivity index (χ2v) is 7.58. The Morgan fingerprint density at radius 2 is 2.00 bits per heavy atom. The van der Waals surface area contributed by atoms with Gasteiger partial charge in [0.1, 0.15) is 0 Å². The van der Waals surface area contributed by atoms with E-state index in [-0.39, 0.29) is 5.91 Å². The van der Waals surface area contributed by atoms with Gasteiger partial charge in [-0.1, -0.05) is 37.3 Å². The van der Waals surface area contributed by atoms with Crippen molar-refractivity contribution in [1.82, 2.24) is 4.90 Å². The van der Waals surface area contributed by atoms with Crippen LogP contribution in [0.2, 0.25) is 0 Å². The van der Waals surface area contributed by atoms with Gasteiger partial charge in [-0.3, -0.25) is 4.79 Å². The zero-order valence-electron chi connectivity index (χ0n) is 13.5. The maximum Gasteiger partial charge on any atom is 0.232 e. The first-order chi connectivity index (χ1) is 10.0. The van der Waals surface area contributed by atoms with E-state index in [9.17, 15) is 4.79 Å². The molecule has 0 spiro atoms. The minimum Gasteiger partial charge on any atom is -0.342 e. The largest absolute Gasteiger partial charge is 0.342 e. The Kier molecular flexibility index (Phi) is 5.74. The monoisotopic (exact) mass is 305 g/mol. The molecule has 0 bridgehead atoms. The fourth-order valence-corrected chi connectivity index (χ4v) is 3.45. The van der Waals surface area contributed by atoms with Crippen molar-refractivity contribution in [2.24, 2.45) is 5.41 Å². The molecule has 1 saturated carbocycles. The highest BCUT2D eigenvalue weighted by Gasteiger charge is 2.45.